The number of aromatic nitrogens is 1. The number of hydrogen-bond donors (Lipinski definition) is 0. The SMILES string of the molecule is CC(C)(C)C1=NOC2(C(=O)OCc3ccncc3)CCCC12. The predicted octanol–water partition coefficient (Wildman–Crippen LogP) is 3.10. The van der Waals surface area contributed by atoms with E-state index in [1.807, 2.05) is 12.1 Å². The first-order valence-corrected chi connectivity index (χ1v) is 7.76. The fourth-order valence-electron chi connectivity index (χ4n) is 3.33. The minimum Gasteiger partial charge on any atom is -0.458 e. The van der Waals surface area contributed by atoms with Crippen LogP contribution in [0.4, 0.5) is 0 Å². The fourth-order valence-corrected chi connectivity index (χ4v) is 3.33. The monoisotopic (exact) mass is 302 g/mol. The molecular formula is C17H22N2O3. The summed E-state index contributed by atoms with van der Waals surface area (Å²) >= 11 is 0. The van der Waals surface area contributed by atoms with E-state index < -0.39 is 5.60 Å². The Morgan fingerprint density at radius 2 is 2.14 bits per heavy atom. The molecule has 0 radical (unpaired) electrons. The molecule has 1 aromatic heterocycles. The molecule has 2 atom stereocenters. The highest BCUT2D eigenvalue weighted by Gasteiger charge is 2.60. The van der Waals surface area contributed by atoms with Crippen molar-refractivity contribution in [1.29, 1.82) is 0 Å². The van der Waals surface area contributed by atoms with Gasteiger partial charge in [-0.3, -0.25) is 4.98 Å². The average molecular weight is 302 g/mol. The summed E-state index contributed by atoms with van der Waals surface area (Å²) in [6, 6.07) is 3.67. The molecule has 2 heterocycles. The zero-order valence-electron chi connectivity index (χ0n) is 13.3. The third-order valence-electron chi connectivity index (χ3n) is 4.47. The average Bonchev–Trinajstić information content (AvgIpc) is 3.04. The fraction of sp³-hybridized carbons (Fsp3) is 0.588. The van der Waals surface area contributed by atoms with Crippen LogP contribution in [0.25, 0.3) is 0 Å². The molecule has 0 N–H and O–H groups in total. The van der Waals surface area contributed by atoms with E-state index in [4.69, 9.17) is 9.57 Å². The minimum absolute atomic E-state index is 0.0393. The van der Waals surface area contributed by atoms with Crippen molar-refractivity contribution in [2.45, 2.75) is 52.2 Å². The van der Waals surface area contributed by atoms with Gasteiger partial charge in [0.2, 0.25) is 5.60 Å². The van der Waals surface area contributed by atoms with Crippen LogP contribution in [0.3, 0.4) is 0 Å². The lowest BCUT2D eigenvalue weighted by Crippen LogP contribution is -2.45. The summed E-state index contributed by atoms with van der Waals surface area (Å²) in [7, 11) is 0. The number of rotatable bonds is 3. The Morgan fingerprint density at radius 3 is 2.82 bits per heavy atom. The van der Waals surface area contributed by atoms with E-state index in [2.05, 4.69) is 30.9 Å². The first-order chi connectivity index (χ1) is 10.4. The first-order valence-electron chi connectivity index (χ1n) is 7.76. The van der Waals surface area contributed by atoms with Gasteiger partial charge in [-0.05, 0) is 30.5 Å². The van der Waals surface area contributed by atoms with Crippen LogP contribution >= 0.6 is 0 Å². The molecule has 1 aliphatic carbocycles. The van der Waals surface area contributed by atoms with Crippen molar-refractivity contribution in [3.8, 4) is 0 Å². The lowest BCUT2D eigenvalue weighted by molar-refractivity contribution is -0.173. The molecule has 5 nitrogen and oxygen atoms in total. The highest BCUT2D eigenvalue weighted by atomic mass is 16.7. The zero-order valence-corrected chi connectivity index (χ0v) is 13.3. The summed E-state index contributed by atoms with van der Waals surface area (Å²) in [5.74, 6) is -0.257. The predicted molar refractivity (Wildman–Crippen MR) is 82.1 cm³/mol. The molecule has 1 aliphatic heterocycles. The Bertz CT molecular complexity index is 592. The van der Waals surface area contributed by atoms with Gasteiger partial charge in [-0.1, -0.05) is 25.9 Å². The lowest BCUT2D eigenvalue weighted by atomic mass is 9.76. The van der Waals surface area contributed by atoms with Gasteiger partial charge in [0.1, 0.15) is 6.61 Å². The number of oxime groups is 1. The summed E-state index contributed by atoms with van der Waals surface area (Å²) in [5, 5.41) is 4.25. The molecule has 22 heavy (non-hydrogen) atoms. The number of esters is 1. The summed E-state index contributed by atoms with van der Waals surface area (Å²) in [6.07, 6.45) is 5.94. The van der Waals surface area contributed by atoms with Crippen molar-refractivity contribution in [2.75, 3.05) is 0 Å². The van der Waals surface area contributed by atoms with Gasteiger partial charge >= 0.3 is 5.97 Å². The van der Waals surface area contributed by atoms with Crippen molar-refractivity contribution in [3.63, 3.8) is 0 Å². The minimum atomic E-state index is -0.907. The summed E-state index contributed by atoms with van der Waals surface area (Å²) in [6.45, 7) is 6.55. The Kier molecular flexibility index (Phi) is 3.67. The third kappa shape index (κ3) is 2.49. The molecule has 3 rings (SSSR count). The molecule has 118 valence electrons. The molecule has 0 spiro atoms. The smallest absolute Gasteiger partial charge is 0.354 e. The van der Waals surface area contributed by atoms with E-state index in [9.17, 15) is 4.79 Å². The summed E-state index contributed by atoms with van der Waals surface area (Å²) in [4.78, 5) is 22.3. The normalized spacial score (nSPS) is 27.0. The van der Waals surface area contributed by atoms with E-state index in [1.54, 1.807) is 12.4 Å². The van der Waals surface area contributed by atoms with E-state index in [1.165, 1.54) is 0 Å². The van der Waals surface area contributed by atoms with Gasteiger partial charge in [-0.25, -0.2) is 4.79 Å². The van der Waals surface area contributed by atoms with Gasteiger partial charge in [0.15, 0.2) is 0 Å². The Labute approximate surface area is 130 Å². The largest absolute Gasteiger partial charge is 0.458 e. The maximum Gasteiger partial charge on any atom is 0.354 e. The van der Waals surface area contributed by atoms with Gasteiger partial charge in [0.05, 0.1) is 11.6 Å². The van der Waals surface area contributed by atoms with Crippen molar-refractivity contribution < 1.29 is 14.4 Å². The Balaban J connectivity index is 1.72. The molecule has 1 saturated carbocycles. The molecule has 0 aromatic carbocycles. The Hall–Kier alpha value is -1.91. The Morgan fingerprint density at radius 1 is 1.41 bits per heavy atom. The van der Waals surface area contributed by atoms with Gasteiger partial charge in [-0.15, -0.1) is 0 Å². The topological polar surface area (TPSA) is 60.8 Å². The van der Waals surface area contributed by atoms with Crippen LogP contribution < -0.4 is 0 Å². The van der Waals surface area contributed by atoms with Crippen LogP contribution in [-0.4, -0.2) is 22.3 Å². The molecule has 0 saturated heterocycles. The van der Waals surface area contributed by atoms with Crippen molar-refractivity contribution in [2.24, 2.45) is 16.5 Å². The van der Waals surface area contributed by atoms with E-state index >= 15 is 0 Å². The number of ether oxygens (including phenoxy) is 1. The number of carbonyl (C=O) groups is 1. The molecule has 0 bridgehead atoms. The van der Waals surface area contributed by atoms with Crippen molar-refractivity contribution in [3.05, 3.63) is 30.1 Å². The number of fused-ring (bicyclic) bond motifs is 1. The van der Waals surface area contributed by atoms with Crippen molar-refractivity contribution in [1.82, 2.24) is 4.98 Å². The lowest BCUT2D eigenvalue weighted by Gasteiger charge is -2.27. The number of nitrogens with zero attached hydrogens (tertiary/aromatic N) is 2. The molecule has 2 aliphatic rings. The number of hydrogen-bond acceptors (Lipinski definition) is 5. The maximum absolute atomic E-state index is 12.7. The number of pyridine rings is 1. The van der Waals surface area contributed by atoms with Gasteiger partial charge < -0.3 is 9.57 Å². The van der Waals surface area contributed by atoms with Crippen LogP contribution in [0, 0.1) is 11.3 Å². The van der Waals surface area contributed by atoms with Gasteiger partial charge in [-0.2, -0.15) is 0 Å². The van der Waals surface area contributed by atoms with Crippen molar-refractivity contribution >= 4 is 11.7 Å². The molecule has 5 heteroatoms. The van der Waals surface area contributed by atoms with E-state index in [0.29, 0.717) is 6.42 Å². The van der Waals surface area contributed by atoms with Gasteiger partial charge in [0, 0.05) is 24.2 Å². The maximum atomic E-state index is 12.7. The highest BCUT2D eigenvalue weighted by molar-refractivity contribution is 5.99. The highest BCUT2D eigenvalue weighted by Crippen LogP contribution is 2.48. The number of carbonyl (C=O) groups excluding carboxylic acids is 1. The van der Waals surface area contributed by atoms with E-state index in [-0.39, 0.29) is 23.9 Å². The second kappa shape index (κ2) is 5.38. The van der Waals surface area contributed by atoms with Crippen LogP contribution in [0.2, 0.25) is 0 Å². The second-order valence-electron chi connectivity index (χ2n) is 7.08. The molecule has 1 aromatic rings. The van der Waals surface area contributed by atoms with Gasteiger partial charge in [0.25, 0.3) is 0 Å². The van der Waals surface area contributed by atoms with Crippen LogP contribution in [-0.2, 0) is 21.0 Å². The van der Waals surface area contributed by atoms with Crippen LogP contribution in [0.1, 0.15) is 45.6 Å². The second-order valence-corrected chi connectivity index (χ2v) is 7.08. The third-order valence-corrected chi connectivity index (χ3v) is 4.47. The molecule has 2 unspecified atom stereocenters. The molecule has 1 fully saturated rings. The summed E-state index contributed by atoms with van der Waals surface area (Å²) < 4.78 is 5.51. The quantitative estimate of drug-likeness (QED) is 0.805. The standard InChI is InChI=1S/C17H22N2O3/c1-16(2,3)14-13-5-4-8-17(13,22-19-14)15(20)21-11-12-6-9-18-10-7-12/h6-7,9-10,13H,4-5,8,11H2,1-3H3. The molecule has 0 amide bonds. The zero-order chi connectivity index (χ0) is 15.8. The van der Waals surface area contributed by atoms with Crippen LogP contribution in [0.15, 0.2) is 29.7 Å². The molecular weight excluding hydrogens is 280 g/mol. The summed E-state index contributed by atoms with van der Waals surface area (Å²) in [5.41, 5.74) is 0.896. The van der Waals surface area contributed by atoms with Crippen LogP contribution in [0.5, 0.6) is 0 Å². The van der Waals surface area contributed by atoms with E-state index in [0.717, 1.165) is 24.1 Å². The first kappa shape index (κ1) is 15.0.